The van der Waals surface area contributed by atoms with E-state index in [9.17, 15) is 8.42 Å². The van der Waals surface area contributed by atoms with Gasteiger partial charge in [0.25, 0.3) is 0 Å². The predicted molar refractivity (Wildman–Crippen MR) is 70.6 cm³/mol. The number of hydrogen-bond acceptors (Lipinski definition) is 3. The molecule has 0 aromatic carbocycles. The number of aromatic amines is 1. The van der Waals surface area contributed by atoms with Crippen LogP contribution in [0.15, 0.2) is 0 Å². The highest BCUT2D eigenvalue weighted by Gasteiger charge is 2.27. The lowest BCUT2D eigenvalue weighted by atomic mass is 10.0. The minimum Gasteiger partial charge on any atom is -0.280 e. The quantitative estimate of drug-likeness (QED) is 0.873. The Hall–Kier alpha value is -1.08. The van der Waals surface area contributed by atoms with Crippen LogP contribution in [-0.2, 0) is 10.2 Å². The zero-order valence-electron chi connectivity index (χ0n) is 11.0. The van der Waals surface area contributed by atoms with Crippen LogP contribution in [-0.4, -0.2) is 36.0 Å². The van der Waals surface area contributed by atoms with Crippen molar-refractivity contribution in [1.82, 2.24) is 14.5 Å². The van der Waals surface area contributed by atoms with E-state index in [0.29, 0.717) is 24.8 Å². The van der Waals surface area contributed by atoms with Gasteiger partial charge in [-0.15, -0.1) is 0 Å². The molecular weight excluding hydrogens is 252 g/mol. The van der Waals surface area contributed by atoms with Crippen molar-refractivity contribution < 1.29 is 8.42 Å². The van der Waals surface area contributed by atoms with Crippen molar-refractivity contribution in [3.63, 3.8) is 0 Å². The molecule has 0 bridgehead atoms. The molecule has 0 amide bonds. The SMILES string of the molecule is Cc1[nH]nc(NS(=O)(=O)N2CCC(C)CC2)c1C. The zero-order chi connectivity index (χ0) is 13.3. The van der Waals surface area contributed by atoms with E-state index in [2.05, 4.69) is 21.8 Å². The molecule has 6 nitrogen and oxygen atoms in total. The maximum atomic E-state index is 12.2. The van der Waals surface area contributed by atoms with Crippen molar-refractivity contribution in [1.29, 1.82) is 0 Å². The third kappa shape index (κ3) is 2.67. The fourth-order valence-electron chi connectivity index (χ4n) is 2.00. The molecule has 0 unspecified atom stereocenters. The van der Waals surface area contributed by atoms with E-state index in [1.54, 1.807) is 0 Å². The molecule has 0 saturated carbocycles. The number of H-pyrrole nitrogens is 1. The minimum atomic E-state index is -3.47. The highest BCUT2D eigenvalue weighted by molar-refractivity contribution is 7.90. The first-order chi connectivity index (χ1) is 8.40. The van der Waals surface area contributed by atoms with Crippen molar-refractivity contribution in [2.45, 2.75) is 33.6 Å². The van der Waals surface area contributed by atoms with E-state index < -0.39 is 10.2 Å². The third-order valence-corrected chi connectivity index (χ3v) is 5.06. The summed E-state index contributed by atoms with van der Waals surface area (Å²) in [5.74, 6) is 0.997. The molecule has 1 aromatic heterocycles. The van der Waals surface area contributed by atoms with Crippen LogP contribution in [0.25, 0.3) is 0 Å². The predicted octanol–water partition coefficient (Wildman–Crippen LogP) is 1.42. The lowest BCUT2D eigenvalue weighted by Crippen LogP contribution is -2.41. The molecule has 102 valence electrons. The van der Waals surface area contributed by atoms with Crippen LogP contribution >= 0.6 is 0 Å². The minimum absolute atomic E-state index is 0.395. The summed E-state index contributed by atoms with van der Waals surface area (Å²) < 4.78 is 28.4. The highest BCUT2D eigenvalue weighted by Crippen LogP contribution is 2.21. The maximum Gasteiger partial charge on any atom is 0.302 e. The van der Waals surface area contributed by atoms with Crippen molar-refractivity contribution in [3.8, 4) is 0 Å². The van der Waals surface area contributed by atoms with Gasteiger partial charge in [-0.2, -0.15) is 17.8 Å². The summed E-state index contributed by atoms with van der Waals surface area (Å²) >= 11 is 0. The molecule has 2 rings (SSSR count). The molecule has 1 aliphatic heterocycles. The zero-order valence-corrected chi connectivity index (χ0v) is 11.8. The summed E-state index contributed by atoms with van der Waals surface area (Å²) in [4.78, 5) is 0. The first-order valence-electron chi connectivity index (χ1n) is 6.19. The van der Waals surface area contributed by atoms with Crippen LogP contribution < -0.4 is 4.72 Å². The maximum absolute atomic E-state index is 12.2. The summed E-state index contributed by atoms with van der Waals surface area (Å²) in [6, 6.07) is 0. The molecule has 0 atom stereocenters. The number of piperidine rings is 1. The van der Waals surface area contributed by atoms with E-state index in [4.69, 9.17) is 0 Å². The molecule has 7 heteroatoms. The number of aromatic nitrogens is 2. The Labute approximate surface area is 108 Å². The fourth-order valence-corrected chi connectivity index (χ4v) is 3.26. The number of nitrogens with one attached hydrogen (secondary N) is 2. The van der Waals surface area contributed by atoms with Gasteiger partial charge in [-0.3, -0.25) is 9.82 Å². The number of nitrogens with zero attached hydrogens (tertiary/aromatic N) is 2. The molecule has 0 aliphatic carbocycles. The fraction of sp³-hybridized carbons (Fsp3) is 0.727. The second-order valence-corrected chi connectivity index (χ2v) is 6.68. The first-order valence-corrected chi connectivity index (χ1v) is 7.63. The van der Waals surface area contributed by atoms with Crippen LogP contribution in [0, 0.1) is 19.8 Å². The lowest BCUT2D eigenvalue weighted by Gasteiger charge is -2.29. The average Bonchev–Trinajstić information content (AvgIpc) is 2.61. The van der Waals surface area contributed by atoms with Gasteiger partial charge in [0.1, 0.15) is 0 Å². The summed E-state index contributed by atoms with van der Waals surface area (Å²) in [7, 11) is -3.47. The standard InChI is InChI=1S/C11H20N4O2S/c1-8-4-6-15(7-5-8)18(16,17)14-11-9(2)10(3)12-13-11/h8H,4-7H2,1-3H3,(H2,12,13,14). The molecule has 2 N–H and O–H groups in total. The topological polar surface area (TPSA) is 78.1 Å². The molecule has 1 saturated heterocycles. The molecule has 18 heavy (non-hydrogen) atoms. The summed E-state index contributed by atoms with van der Waals surface area (Å²) in [6.07, 6.45) is 1.83. The Morgan fingerprint density at radius 3 is 2.44 bits per heavy atom. The van der Waals surface area contributed by atoms with Gasteiger partial charge in [0, 0.05) is 24.3 Å². The van der Waals surface area contributed by atoms with Gasteiger partial charge >= 0.3 is 10.2 Å². The van der Waals surface area contributed by atoms with Crippen LogP contribution in [0.5, 0.6) is 0 Å². The van der Waals surface area contributed by atoms with E-state index in [0.717, 1.165) is 24.1 Å². The van der Waals surface area contributed by atoms with Crippen molar-refractivity contribution >= 4 is 16.0 Å². The molecule has 0 radical (unpaired) electrons. The van der Waals surface area contributed by atoms with Gasteiger partial charge in [0.2, 0.25) is 0 Å². The normalized spacial score (nSPS) is 19.1. The number of anilines is 1. The van der Waals surface area contributed by atoms with Crippen LogP contribution in [0.3, 0.4) is 0 Å². The molecule has 2 heterocycles. The summed E-state index contributed by atoms with van der Waals surface area (Å²) in [5, 5.41) is 6.74. The Kier molecular flexibility index (Phi) is 3.63. The Morgan fingerprint density at radius 2 is 1.94 bits per heavy atom. The Bertz CT molecular complexity index is 515. The molecule has 1 aromatic rings. The van der Waals surface area contributed by atoms with Crippen LogP contribution in [0.2, 0.25) is 0 Å². The molecule has 1 aliphatic rings. The second-order valence-electron chi connectivity index (χ2n) is 5.01. The summed E-state index contributed by atoms with van der Waals surface area (Å²) in [6.45, 7) is 7.02. The summed E-state index contributed by atoms with van der Waals surface area (Å²) in [5.41, 5.74) is 1.71. The molecular formula is C11H20N4O2S. The van der Waals surface area contributed by atoms with Crippen LogP contribution in [0.4, 0.5) is 5.82 Å². The van der Waals surface area contributed by atoms with Crippen molar-refractivity contribution in [3.05, 3.63) is 11.3 Å². The van der Waals surface area contributed by atoms with Crippen LogP contribution in [0.1, 0.15) is 31.0 Å². The largest absolute Gasteiger partial charge is 0.302 e. The Morgan fingerprint density at radius 1 is 1.33 bits per heavy atom. The van der Waals surface area contributed by atoms with Gasteiger partial charge in [0.05, 0.1) is 0 Å². The first kappa shape index (κ1) is 13.4. The van der Waals surface area contributed by atoms with Crippen molar-refractivity contribution in [2.75, 3.05) is 17.8 Å². The van der Waals surface area contributed by atoms with Gasteiger partial charge in [-0.1, -0.05) is 6.92 Å². The lowest BCUT2D eigenvalue weighted by molar-refractivity contribution is 0.289. The number of rotatable bonds is 3. The number of hydrogen-bond donors (Lipinski definition) is 2. The van der Waals surface area contributed by atoms with Gasteiger partial charge in [0.15, 0.2) is 5.82 Å². The second kappa shape index (κ2) is 4.89. The van der Waals surface area contributed by atoms with Gasteiger partial charge < -0.3 is 0 Å². The van der Waals surface area contributed by atoms with Crippen molar-refractivity contribution in [2.24, 2.45) is 5.92 Å². The average molecular weight is 272 g/mol. The van der Waals surface area contributed by atoms with E-state index in [-0.39, 0.29) is 0 Å². The highest BCUT2D eigenvalue weighted by atomic mass is 32.2. The smallest absolute Gasteiger partial charge is 0.280 e. The molecule has 0 spiro atoms. The monoisotopic (exact) mass is 272 g/mol. The number of aryl methyl sites for hydroxylation is 1. The Balaban J connectivity index is 2.10. The van der Waals surface area contributed by atoms with E-state index >= 15 is 0 Å². The van der Waals surface area contributed by atoms with Gasteiger partial charge in [-0.05, 0) is 32.6 Å². The van der Waals surface area contributed by atoms with E-state index in [1.807, 2.05) is 13.8 Å². The third-order valence-electron chi connectivity index (χ3n) is 3.56. The molecule has 1 fully saturated rings. The van der Waals surface area contributed by atoms with E-state index in [1.165, 1.54) is 4.31 Å². The van der Waals surface area contributed by atoms with Gasteiger partial charge in [-0.25, -0.2) is 0 Å².